The number of fused-ring (bicyclic) bond motifs is 1. The monoisotopic (exact) mass is 323 g/mol. The Morgan fingerprint density at radius 1 is 1.00 bits per heavy atom. The van der Waals surface area contributed by atoms with Crippen LogP contribution in [0.2, 0.25) is 0 Å². The summed E-state index contributed by atoms with van der Waals surface area (Å²) in [5.41, 5.74) is 11.3. The number of nitrogens with two attached hydrogens (primary N) is 1. The minimum absolute atomic E-state index is 0. The van der Waals surface area contributed by atoms with E-state index in [2.05, 4.69) is 59.4 Å². The number of halogens is 2. The van der Waals surface area contributed by atoms with Gasteiger partial charge >= 0.3 is 0 Å². The summed E-state index contributed by atoms with van der Waals surface area (Å²) in [5.74, 6) is 0.957. The summed E-state index contributed by atoms with van der Waals surface area (Å²) >= 11 is 0. The third-order valence-corrected chi connectivity index (χ3v) is 3.30. The quantitative estimate of drug-likeness (QED) is 0.768. The summed E-state index contributed by atoms with van der Waals surface area (Å²) < 4.78 is 0. The summed E-state index contributed by atoms with van der Waals surface area (Å²) in [4.78, 5) is 7.84. The topological polar surface area (TPSA) is 54.7 Å². The first-order valence-corrected chi connectivity index (χ1v) is 6.52. The van der Waals surface area contributed by atoms with Crippen molar-refractivity contribution in [2.45, 2.75) is 13.3 Å². The lowest BCUT2D eigenvalue weighted by Gasteiger charge is -2.02. The van der Waals surface area contributed by atoms with E-state index < -0.39 is 0 Å². The van der Waals surface area contributed by atoms with E-state index in [-0.39, 0.29) is 24.8 Å². The molecule has 2 aromatic carbocycles. The minimum atomic E-state index is 0. The molecule has 112 valence electrons. The maximum absolute atomic E-state index is 5.56. The number of aromatic nitrogens is 2. The second kappa shape index (κ2) is 7.46. The normalized spacial score (nSPS) is 10.0. The van der Waals surface area contributed by atoms with Crippen molar-refractivity contribution in [3.8, 4) is 11.1 Å². The molecule has 0 aliphatic rings. The van der Waals surface area contributed by atoms with Crippen molar-refractivity contribution in [3.63, 3.8) is 0 Å². The number of nitrogens with one attached hydrogen (secondary N) is 1. The fourth-order valence-electron chi connectivity index (χ4n) is 2.24. The molecule has 0 spiro atoms. The Kier molecular flexibility index (Phi) is 6.21. The van der Waals surface area contributed by atoms with Crippen LogP contribution in [0.25, 0.3) is 22.2 Å². The van der Waals surface area contributed by atoms with Crippen LogP contribution in [-0.2, 0) is 6.42 Å². The largest absolute Gasteiger partial charge is 0.342 e. The maximum Gasteiger partial charge on any atom is 0.108 e. The number of H-pyrrole nitrogens is 1. The molecular weight excluding hydrogens is 305 g/mol. The molecule has 3 N–H and O–H groups in total. The fourth-order valence-corrected chi connectivity index (χ4v) is 2.24. The average Bonchev–Trinajstić information content (AvgIpc) is 2.81. The Labute approximate surface area is 136 Å². The van der Waals surface area contributed by atoms with E-state index in [1.54, 1.807) is 0 Å². The smallest absolute Gasteiger partial charge is 0.108 e. The second-order valence-corrected chi connectivity index (χ2v) is 4.82. The van der Waals surface area contributed by atoms with Gasteiger partial charge in [0.15, 0.2) is 0 Å². The van der Waals surface area contributed by atoms with Gasteiger partial charge < -0.3 is 10.7 Å². The van der Waals surface area contributed by atoms with E-state index in [1.807, 2.05) is 0 Å². The molecule has 0 aliphatic carbocycles. The molecule has 3 rings (SSSR count). The molecule has 0 aliphatic heterocycles. The van der Waals surface area contributed by atoms with E-state index in [0.29, 0.717) is 6.54 Å². The molecular formula is C16H19Cl2N3. The highest BCUT2D eigenvalue weighted by molar-refractivity contribution is 5.85. The first-order chi connectivity index (χ1) is 9.26. The predicted molar refractivity (Wildman–Crippen MR) is 93.5 cm³/mol. The van der Waals surface area contributed by atoms with Crippen molar-refractivity contribution >= 4 is 35.8 Å². The first kappa shape index (κ1) is 17.5. The van der Waals surface area contributed by atoms with Crippen LogP contribution < -0.4 is 5.73 Å². The summed E-state index contributed by atoms with van der Waals surface area (Å²) in [5, 5.41) is 0. The third-order valence-electron chi connectivity index (χ3n) is 3.30. The molecule has 5 heteroatoms. The number of hydrogen-bond donors (Lipinski definition) is 2. The standard InChI is InChI=1S/C16H17N3.2ClH/c1-11-2-4-12(5-3-11)13-6-7-14-15(10-13)19-16(18-14)8-9-17;;/h2-7,10H,8-9,17H2,1H3,(H,18,19);2*1H. The van der Waals surface area contributed by atoms with Crippen LogP contribution in [0.4, 0.5) is 0 Å². The highest BCUT2D eigenvalue weighted by Crippen LogP contribution is 2.23. The van der Waals surface area contributed by atoms with Crippen molar-refractivity contribution in [1.29, 1.82) is 0 Å². The Morgan fingerprint density at radius 3 is 2.33 bits per heavy atom. The zero-order valence-corrected chi connectivity index (χ0v) is 13.4. The van der Waals surface area contributed by atoms with Crippen LogP contribution in [0, 0.1) is 6.92 Å². The van der Waals surface area contributed by atoms with Gasteiger partial charge in [-0.05, 0) is 36.7 Å². The minimum Gasteiger partial charge on any atom is -0.342 e. The maximum atomic E-state index is 5.56. The number of rotatable bonds is 3. The van der Waals surface area contributed by atoms with Crippen LogP contribution in [0.5, 0.6) is 0 Å². The van der Waals surface area contributed by atoms with Gasteiger partial charge in [-0.25, -0.2) is 4.98 Å². The fraction of sp³-hybridized carbons (Fsp3) is 0.188. The van der Waals surface area contributed by atoms with Crippen LogP contribution in [-0.4, -0.2) is 16.5 Å². The van der Waals surface area contributed by atoms with Gasteiger partial charge in [0.2, 0.25) is 0 Å². The van der Waals surface area contributed by atoms with Crippen molar-refractivity contribution in [2.75, 3.05) is 6.54 Å². The van der Waals surface area contributed by atoms with E-state index in [9.17, 15) is 0 Å². The second-order valence-electron chi connectivity index (χ2n) is 4.82. The van der Waals surface area contributed by atoms with E-state index in [4.69, 9.17) is 5.73 Å². The molecule has 0 fully saturated rings. The average molecular weight is 324 g/mol. The number of nitrogens with zero attached hydrogens (tertiary/aromatic N) is 1. The molecule has 0 radical (unpaired) electrons. The first-order valence-electron chi connectivity index (χ1n) is 6.52. The third kappa shape index (κ3) is 3.76. The van der Waals surface area contributed by atoms with Gasteiger partial charge in [0.05, 0.1) is 11.0 Å². The molecule has 0 amide bonds. The Hall–Kier alpha value is -1.55. The molecule has 0 saturated carbocycles. The van der Waals surface area contributed by atoms with Crippen molar-refractivity contribution in [3.05, 3.63) is 53.9 Å². The SMILES string of the molecule is Cc1ccc(-c2ccc3nc(CCN)[nH]c3c2)cc1.Cl.Cl. The van der Waals surface area contributed by atoms with Crippen LogP contribution in [0.3, 0.4) is 0 Å². The zero-order valence-electron chi connectivity index (χ0n) is 11.8. The number of aromatic amines is 1. The summed E-state index contributed by atoms with van der Waals surface area (Å²) in [6.07, 6.45) is 0.786. The van der Waals surface area contributed by atoms with Gasteiger partial charge in [-0.15, -0.1) is 24.8 Å². The Morgan fingerprint density at radius 2 is 1.67 bits per heavy atom. The molecule has 1 aromatic heterocycles. The van der Waals surface area contributed by atoms with Gasteiger partial charge in [0, 0.05) is 6.42 Å². The van der Waals surface area contributed by atoms with Gasteiger partial charge in [-0.1, -0.05) is 35.9 Å². The lowest BCUT2D eigenvalue weighted by atomic mass is 10.0. The van der Waals surface area contributed by atoms with Crippen LogP contribution in [0.1, 0.15) is 11.4 Å². The van der Waals surface area contributed by atoms with Gasteiger partial charge in [0.25, 0.3) is 0 Å². The van der Waals surface area contributed by atoms with Gasteiger partial charge in [0.1, 0.15) is 5.82 Å². The summed E-state index contributed by atoms with van der Waals surface area (Å²) in [6.45, 7) is 2.71. The molecule has 1 heterocycles. The number of benzene rings is 2. The molecule has 0 bridgehead atoms. The number of imidazole rings is 1. The lowest BCUT2D eigenvalue weighted by molar-refractivity contribution is 0.900. The molecule has 0 atom stereocenters. The number of hydrogen-bond acceptors (Lipinski definition) is 2. The van der Waals surface area contributed by atoms with Crippen LogP contribution in [0.15, 0.2) is 42.5 Å². The van der Waals surface area contributed by atoms with Gasteiger partial charge in [-0.3, -0.25) is 0 Å². The highest BCUT2D eigenvalue weighted by atomic mass is 35.5. The van der Waals surface area contributed by atoms with E-state index in [0.717, 1.165) is 23.3 Å². The molecule has 0 saturated heterocycles. The van der Waals surface area contributed by atoms with Crippen molar-refractivity contribution < 1.29 is 0 Å². The lowest BCUT2D eigenvalue weighted by Crippen LogP contribution is -2.03. The Balaban J connectivity index is 0.00000110. The number of aryl methyl sites for hydroxylation is 1. The predicted octanol–water partition coefficient (Wildman–Crippen LogP) is 3.88. The summed E-state index contributed by atoms with van der Waals surface area (Å²) in [7, 11) is 0. The summed E-state index contributed by atoms with van der Waals surface area (Å²) in [6, 6.07) is 14.9. The molecule has 3 nitrogen and oxygen atoms in total. The van der Waals surface area contributed by atoms with E-state index in [1.165, 1.54) is 16.7 Å². The Bertz CT molecular complexity index is 705. The molecule has 0 unspecified atom stereocenters. The highest BCUT2D eigenvalue weighted by Gasteiger charge is 2.04. The van der Waals surface area contributed by atoms with Gasteiger partial charge in [-0.2, -0.15) is 0 Å². The molecule has 3 aromatic rings. The van der Waals surface area contributed by atoms with Crippen LogP contribution >= 0.6 is 24.8 Å². The van der Waals surface area contributed by atoms with E-state index >= 15 is 0 Å². The molecule has 21 heavy (non-hydrogen) atoms. The zero-order chi connectivity index (χ0) is 13.2. The van der Waals surface area contributed by atoms with Crippen molar-refractivity contribution in [1.82, 2.24) is 9.97 Å². The van der Waals surface area contributed by atoms with Crippen molar-refractivity contribution in [2.24, 2.45) is 5.73 Å².